The monoisotopic (exact) mass is 349 g/mol. The molecule has 0 saturated heterocycles. The van der Waals surface area contributed by atoms with Crippen molar-refractivity contribution >= 4 is 23.2 Å². The van der Waals surface area contributed by atoms with Crippen molar-refractivity contribution in [2.45, 2.75) is 19.1 Å². The molecule has 1 atom stereocenters. The quantitative estimate of drug-likeness (QED) is 0.765. The number of halogens is 1. The molecule has 128 valence electrons. The number of amides is 1. The van der Waals surface area contributed by atoms with Crippen LogP contribution in [0.1, 0.15) is 12.0 Å². The van der Waals surface area contributed by atoms with Crippen LogP contribution in [0.5, 0.6) is 5.75 Å². The Hall–Kier alpha value is -2.15. The summed E-state index contributed by atoms with van der Waals surface area (Å²) in [7, 11) is 1.52. The van der Waals surface area contributed by atoms with E-state index in [2.05, 4.69) is 10.3 Å². The summed E-state index contributed by atoms with van der Waals surface area (Å²) in [5.41, 5.74) is 7.03. The summed E-state index contributed by atoms with van der Waals surface area (Å²) in [6.07, 6.45) is 3.31. The molecule has 0 spiro atoms. The van der Waals surface area contributed by atoms with Gasteiger partial charge in [-0.1, -0.05) is 17.7 Å². The van der Waals surface area contributed by atoms with Gasteiger partial charge in [-0.15, -0.1) is 0 Å². The van der Waals surface area contributed by atoms with Gasteiger partial charge in [0.25, 0.3) is 0 Å². The second-order valence-electron chi connectivity index (χ2n) is 5.14. The number of nitrogens with zero attached hydrogens (tertiary/aromatic N) is 1. The van der Waals surface area contributed by atoms with Crippen molar-refractivity contribution in [3.8, 4) is 5.75 Å². The molecule has 24 heavy (non-hydrogen) atoms. The predicted octanol–water partition coefficient (Wildman–Crippen LogP) is 2.62. The van der Waals surface area contributed by atoms with Crippen molar-refractivity contribution in [1.29, 1.82) is 0 Å². The van der Waals surface area contributed by atoms with E-state index in [0.717, 1.165) is 5.56 Å². The number of carbonyl (C=O) groups excluding carboxylic acids is 1. The summed E-state index contributed by atoms with van der Waals surface area (Å²) in [5, 5.41) is 3.17. The van der Waals surface area contributed by atoms with Gasteiger partial charge >= 0.3 is 0 Å². The van der Waals surface area contributed by atoms with E-state index in [4.69, 9.17) is 26.8 Å². The van der Waals surface area contributed by atoms with Crippen molar-refractivity contribution in [1.82, 2.24) is 4.98 Å². The van der Waals surface area contributed by atoms with Gasteiger partial charge in [0, 0.05) is 37.3 Å². The van der Waals surface area contributed by atoms with E-state index < -0.39 is 0 Å². The zero-order valence-electron chi connectivity index (χ0n) is 13.4. The maximum Gasteiger partial charge on any atom is 0.227 e. The van der Waals surface area contributed by atoms with Crippen molar-refractivity contribution in [2.75, 3.05) is 19.0 Å². The van der Waals surface area contributed by atoms with Crippen molar-refractivity contribution in [2.24, 2.45) is 5.73 Å². The predicted molar refractivity (Wildman–Crippen MR) is 93.1 cm³/mol. The topological polar surface area (TPSA) is 86.5 Å². The number of ether oxygens (including phenoxy) is 2. The maximum atomic E-state index is 11.9. The Kier molecular flexibility index (Phi) is 6.99. The number of nitrogens with one attached hydrogen (secondary N) is 1. The van der Waals surface area contributed by atoms with Gasteiger partial charge in [0.15, 0.2) is 0 Å². The second-order valence-corrected chi connectivity index (χ2v) is 5.55. The molecule has 0 aliphatic heterocycles. The fourth-order valence-corrected chi connectivity index (χ4v) is 2.26. The molecule has 2 aromatic rings. The number of hydrogen-bond donors (Lipinski definition) is 2. The lowest BCUT2D eigenvalue weighted by Crippen LogP contribution is -2.28. The van der Waals surface area contributed by atoms with Crippen LogP contribution in [0, 0.1) is 0 Å². The number of methoxy groups -OCH3 is 1. The number of anilines is 1. The number of carbonyl (C=O) groups is 1. The third kappa shape index (κ3) is 5.49. The summed E-state index contributed by atoms with van der Waals surface area (Å²) in [6, 6.07) is 8.84. The number of benzene rings is 1. The van der Waals surface area contributed by atoms with Crippen LogP contribution in [-0.2, 0) is 16.1 Å². The summed E-state index contributed by atoms with van der Waals surface area (Å²) in [4.78, 5) is 15.9. The Bertz CT molecular complexity index is 663. The Labute approximate surface area is 145 Å². The molecular formula is C17H20ClN3O3. The van der Waals surface area contributed by atoms with E-state index >= 15 is 0 Å². The minimum Gasteiger partial charge on any atom is -0.487 e. The lowest BCUT2D eigenvalue weighted by atomic mass is 10.2. The van der Waals surface area contributed by atoms with E-state index in [0.29, 0.717) is 23.1 Å². The van der Waals surface area contributed by atoms with Gasteiger partial charge in [-0.3, -0.25) is 9.78 Å². The maximum absolute atomic E-state index is 11.9. The Morgan fingerprint density at radius 2 is 2.25 bits per heavy atom. The molecule has 0 fully saturated rings. The average Bonchev–Trinajstić information content (AvgIpc) is 2.60. The van der Waals surface area contributed by atoms with Gasteiger partial charge in [0.2, 0.25) is 5.91 Å². The summed E-state index contributed by atoms with van der Waals surface area (Å²) < 4.78 is 10.7. The fraction of sp³-hybridized carbons (Fsp3) is 0.294. The third-order valence-electron chi connectivity index (χ3n) is 3.34. The van der Waals surface area contributed by atoms with Crippen molar-refractivity contribution in [3.63, 3.8) is 0 Å². The molecule has 1 aromatic heterocycles. The van der Waals surface area contributed by atoms with Crippen LogP contribution in [0.4, 0.5) is 5.69 Å². The van der Waals surface area contributed by atoms with Gasteiger partial charge in [-0.05, 0) is 24.3 Å². The van der Waals surface area contributed by atoms with E-state index in [-0.39, 0.29) is 25.0 Å². The Morgan fingerprint density at radius 3 is 2.88 bits per heavy atom. The first kappa shape index (κ1) is 18.2. The van der Waals surface area contributed by atoms with Crippen LogP contribution in [-0.4, -0.2) is 30.6 Å². The summed E-state index contributed by atoms with van der Waals surface area (Å²) in [5.74, 6) is 0.350. The minimum absolute atomic E-state index is 0.184. The minimum atomic E-state index is -0.303. The molecule has 0 aliphatic rings. The largest absolute Gasteiger partial charge is 0.487 e. The molecule has 1 unspecified atom stereocenters. The molecule has 0 aliphatic carbocycles. The van der Waals surface area contributed by atoms with Gasteiger partial charge in [-0.25, -0.2) is 0 Å². The molecule has 1 heterocycles. The van der Waals surface area contributed by atoms with Crippen LogP contribution < -0.4 is 15.8 Å². The zero-order chi connectivity index (χ0) is 17.4. The van der Waals surface area contributed by atoms with Gasteiger partial charge in [-0.2, -0.15) is 0 Å². The van der Waals surface area contributed by atoms with Crippen LogP contribution in [0.15, 0.2) is 42.7 Å². The van der Waals surface area contributed by atoms with Crippen molar-refractivity contribution < 1.29 is 14.3 Å². The standard InChI is InChI=1S/C17H20ClN3O3/c1-23-14(9-19)8-17(22)21-13-4-5-16(15(18)7-13)24-11-12-3-2-6-20-10-12/h2-7,10,14H,8-9,11,19H2,1H3,(H,21,22). The zero-order valence-corrected chi connectivity index (χ0v) is 14.1. The normalized spacial score (nSPS) is 11.8. The number of nitrogens with two attached hydrogens (primary N) is 1. The first-order valence-electron chi connectivity index (χ1n) is 7.46. The second kappa shape index (κ2) is 9.22. The molecule has 2 rings (SSSR count). The smallest absolute Gasteiger partial charge is 0.227 e. The molecule has 0 radical (unpaired) electrons. The summed E-state index contributed by atoms with van der Waals surface area (Å²) >= 11 is 6.20. The van der Waals surface area contributed by atoms with Crippen LogP contribution >= 0.6 is 11.6 Å². The van der Waals surface area contributed by atoms with Gasteiger partial charge < -0.3 is 20.5 Å². The fourth-order valence-electron chi connectivity index (χ4n) is 2.02. The molecule has 1 amide bonds. The molecule has 3 N–H and O–H groups in total. The van der Waals surface area contributed by atoms with Crippen molar-refractivity contribution in [3.05, 3.63) is 53.3 Å². The molecule has 0 bridgehead atoms. The first-order chi connectivity index (χ1) is 11.6. The average molecular weight is 350 g/mol. The highest BCUT2D eigenvalue weighted by molar-refractivity contribution is 6.32. The summed E-state index contributed by atoms with van der Waals surface area (Å²) in [6.45, 7) is 0.650. The Balaban J connectivity index is 1.93. The molecule has 6 nitrogen and oxygen atoms in total. The molecule has 0 saturated carbocycles. The van der Waals surface area contributed by atoms with E-state index in [1.165, 1.54) is 7.11 Å². The highest BCUT2D eigenvalue weighted by Gasteiger charge is 2.12. The molecule has 1 aromatic carbocycles. The van der Waals surface area contributed by atoms with E-state index in [1.54, 1.807) is 30.6 Å². The number of rotatable bonds is 8. The number of aromatic nitrogens is 1. The lowest BCUT2D eigenvalue weighted by molar-refractivity contribution is -0.118. The Morgan fingerprint density at radius 1 is 1.42 bits per heavy atom. The number of hydrogen-bond acceptors (Lipinski definition) is 5. The van der Waals surface area contributed by atoms with Gasteiger partial charge in [0.05, 0.1) is 17.5 Å². The molecular weight excluding hydrogens is 330 g/mol. The van der Waals surface area contributed by atoms with Crippen LogP contribution in [0.3, 0.4) is 0 Å². The molecule has 7 heteroatoms. The number of pyridine rings is 1. The third-order valence-corrected chi connectivity index (χ3v) is 3.64. The van der Waals surface area contributed by atoms with Crippen LogP contribution in [0.2, 0.25) is 5.02 Å². The van der Waals surface area contributed by atoms with E-state index in [1.807, 2.05) is 12.1 Å². The highest BCUT2D eigenvalue weighted by atomic mass is 35.5. The first-order valence-corrected chi connectivity index (χ1v) is 7.84. The SMILES string of the molecule is COC(CN)CC(=O)Nc1ccc(OCc2cccnc2)c(Cl)c1. The van der Waals surface area contributed by atoms with Crippen LogP contribution in [0.25, 0.3) is 0 Å². The lowest BCUT2D eigenvalue weighted by Gasteiger charge is -2.13. The van der Waals surface area contributed by atoms with Gasteiger partial charge in [0.1, 0.15) is 12.4 Å². The highest BCUT2D eigenvalue weighted by Crippen LogP contribution is 2.28. The van der Waals surface area contributed by atoms with E-state index in [9.17, 15) is 4.79 Å².